The third-order valence-corrected chi connectivity index (χ3v) is 5.22. The summed E-state index contributed by atoms with van der Waals surface area (Å²) in [4.78, 5) is 17.0. The summed E-state index contributed by atoms with van der Waals surface area (Å²) in [6, 6.07) is 16.9. The van der Waals surface area contributed by atoms with Gasteiger partial charge in [0.25, 0.3) is 5.91 Å². The molecule has 1 amide bonds. The number of halogens is 3. The largest absolute Gasteiger partial charge is 0.457 e. The zero-order valence-electron chi connectivity index (χ0n) is 17.0. The van der Waals surface area contributed by atoms with Gasteiger partial charge in [-0.1, -0.05) is 35.3 Å². The highest BCUT2D eigenvalue weighted by Crippen LogP contribution is 2.25. The monoisotopic (exact) mass is 469 g/mol. The lowest BCUT2D eigenvalue weighted by Crippen LogP contribution is -2.25. The number of pyridine rings is 1. The minimum Gasteiger partial charge on any atom is -0.457 e. The molecule has 0 unspecified atom stereocenters. The van der Waals surface area contributed by atoms with E-state index in [4.69, 9.17) is 27.9 Å². The lowest BCUT2D eigenvalue weighted by Gasteiger charge is -2.11. The minimum absolute atomic E-state index is 0.273. The van der Waals surface area contributed by atoms with Gasteiger partial charge in [0.05, 0.1) is 10.0 Å². The Morgan fingerprint density at radius 3 is 2.56 bits per heavy atom. The van der Waals surface area contributed by atoms with E-state index in [-0.39, 0.29) is 11.7 Å². The van der Waals surface area contributed by atoms with Crippen LogP contribution in [0.3, 0.4) is 0 Å². The highest BCUT2D eigenvalue weighted by molar-refractivity contribution is 6.35. The molecule has 0 aliphatic carbocycles. The molecule has 162 valence electrons. The van der Waals surface area contributed by atoms with Crippen molar-refractivity contribution < 1.29 is 13.9 Å². The molecule has 32 heavy (non-hydrogen) atoms. The molecule has 8 heteroatoms. The average molecular weight is 470 g/mol. The van der Waals surface area contributed by atoms with Crippen LogP contribution >= 0.6 is 23.2 Å². The van der Waals surface area contributed by atoms with Gasteiger partial charge in [-0.2, -0.15) is 0 Å². The Labute approximate surface area is 194 Å². The Balaban J connectivity index is 1.40. The quantitative estimate of drug-likeness (QED) is 0.357. The molecule has 0 saturated carbocycles. The van der Waals surface area contributed by atoms with Crippen molar-refractivity contribution in [1.82, 2.24) is 14.9 Å². The number of hydrogen-bond donors (Lipinski definition) is 1. The first kappa shape index (κ1) is 21.9. The van der Waals surface area contributed by atoms with Crippen molar-refractivity contribution in [2.24, 2.45) is 0 Å². The maximum absolute atomic E-state index is 13.4. The Bertz CT molecular complexity index is 1270. The normalized spacial score (nSPS) is 10.8. The molecule has 5 nitrogen and oxygen atoms in total. The van der Waals surface area contributed by atoms with E-state index >= 15 is 0 Å². The Hall–Kier alpha value is -3.35. The number of ether oxygens (including phenoxy) is 1. The van der Waals surface area contributed by atoms with Crippen molar-refractivity contribution in [1.29, 1.82) is 0 Å². The highest BCUT2D eigenvalue weighted by atomic mass is 35.5. The topological polar surface area (TPSA) is 56.1 Å². The number of aryl methyl sites for hydroxylation is 1. The summed E-state index contributed by atoms with van der Waals surface area (Å²) in [5.41, 5.74) is 1.80. The summed E-state index contributed by atoms with van der Waals surface area (Å²) in [6.07, 6.45) is 3.18. The second kappa shape index (κ2) is 9.42. The zero-order valence-corrected chi connectivity index (χ0v) is 18.5. The standard InChI is InChI=1S/C24H18Cl2FN3O2/c1-15-11-19(8-9-21(15)27)32-18-6-4-16(5-7-18)13-29-24(31)22-3-2-10-30(22)23-20(26)12-17(25)14-28-23/h2-12,14H,13H2,1H3,(H,29,31). The number of aromatic nitrogens is 2. The van der Waals surface area contributed by atoms with Gasteiger partial charge in [-0.15, -0.1) is 0 Å². The van der Waals surface area contributed by atoms with E-state index in [0.29, 0.717) is 45.2 Å². The molecule has 0 aliphatic heterocycles. The first-order chi connectivity index (χ1) is 15.4. The van der Waals surface area contributed by atoms with Gasteiger partial charge < -0.3 is 10.1 Å². The van der Waals surface area contributed by atoms with Crippen LogP contribution in [0.5, 0.6) is 11.5 Å². The Morgan fingerprint density at radius 2 is 1.84 bits per heavy atom. The first-order valence-corrected chi connectivity index (χ1v) is 10.5. The van der Waals surface area contributed by atoms with Crippen LogP contribution < -0.4 is 10.1 Å². The van der Waals surface area contributed by atoms with Crippen LogP contribution in [0.4, 0.5) is 4.39 Å². The molecule has 2 aromatic heterocycles. The molecule has 2 aromatic carbocycles. The number of rotatable bonds is 6. The number of hydrogen-bond acceptors (Lipinski definition) is 3. The van der Waals surface area contributed by atoms with Crippen molar-refractivity contribution in [2.75, 3.05) is 0 Å². The van der Waals surface area contributed by atoms with Gasteiger partial charge in [-0.25, -0.2) is 9.37 Å². The van der Waals surface area contributed by atoms with Gasteiger partial charge in [0, 0.05) is 18.9 Å². The van der Waals surface area contributed by atoms with Crippen molar-refractivity contribution >= 4 is 29.1 Å². The van der Waals surface area contributed by atoms with Gasteiger partial charge in [0.1, 0.15) is 23.0 Å². The fourth-order valence-electron chi connectivity index (χ4n) is 3.10. The van der Waals surface area contributed by atoms with Crippen LogP contribution in [-0.2, 0) is 6.54 Å². The van der Waals surface area contributed by atoms with Gasteiger partial charge >= 0.3 is 0 Å². The number of benzene rings is 2. The average Bonchev–Trinajstić information content (AvgIpc) is 3.25. The van der Waals surface area contributed by atoms with Crippen molar-refractivity contribution in [3.8, 4) is 17.3 Å². The molecule has 0 spiro atoms. The molecule has 0 bridgehead atoms. The molecule has 4 rings (SSSR count). The summed E-state index contributed by atoms with van der Waals surface area (Å²) in [6.45, 7) is 2.00. The lowest BCUT2D eigenvalue weighted by molar-refractivity contribution is 0.0944. The molecule has 0 saturated heterocycles. The Morgan fingerprint density at radius 1 is 1.09 bits per heavy atom. The maximum atomic E-state index is 13.4. The van der Waals surface area contributed by atoms with Crippen LogP contribution in [0.15, 0.2) is 73.1 Å². The SMILES string of the molecule is Cc1cc(Oc2ccc(CNC(=O)c3cccn3-c3ncc(Cl)cc3Cl)cc2)ccc1F. The molecule has 0 radical (unpaired) electrons. The van der Waals surface area contributed by atoms with Crippen LogP contribution in [0.25, 0.3) is 5.82 Å². The first-order valence-electron chi connectivity index (χ1n) is 9.70. The van der Waals surface area contributed by atoms with Crippen LogP contribution in [-0.4, -0.2) is 15.5 Å². The minimum atomic E-state index is -0.274. The van der Waals surface area contributed by atoms with Gasteiger partial charge in [-0.05, 0) is 66.6 Å². The van der Waals surface area contributed by atoms with Gasteiger partial charge in [0.15, 0.2) is 5.82 Å². The van der Waals surface area contributed by atoms with Crippen LogP contribution in [0, 0.1) is 12.7 Å². The number of nitrogens with zero attached hydrogens (tertiary/aromatic N) is 2. The molecule has 1 N–H and O–H groups in total. The van der Waals surface area contributed by atoms with E-state index in [1.165, 1.54) is 12.3 Å². The van der Waals surface area contributed by atoms with E-state index in [2.05, 4.69) is 10.3 Å². The molecule has 0 atom stereocenters. The smallest absolute Gasteiger partial charge is 0.268 e. The lowest BCUT2D eigenvalue weighted by atomic mass is 10.2. The number of amides is 1. The maximum Gasteiger partial charge on any atom is 0.268 e. The van der Waals surface area contributed by atoms with Gasteiger partial charge in [-0.3, -0.25) is 9.36 Å². The second-order valence-electron chi connectivity index (χ2n) is 7.06. The van der Waals surface area contributed by atoms with Crippen LogP contribution in [0.1, 0.15) is 21.6 Å². The number of carbonyl (C=O) groups excluding carboxylic acids is 1. The third-order valence-electron chi connectivity index (χ3n) is 4.74. The molecule has 0 fully saturated rings. The second-order valence-corrected chi connectivity index (χ2v) is 7.91. The molecular weight excluding hydrogens is 452 g/mol. The Kier molecular flexibility index (Phi) is 6.44. The van der Waals surface area contributed by atoms with Gasteiger partial charge in [0.2, 0.25) is 0 Å². The summed E-state index contributed by atoms with van der Waals surface area (Å²) in [5, 5.41) is 3.64. The zero-order chi connectivity index (χ0) is 22.7. The highest BCUT2D eigenvalue weighted by Gasteiger charge is 2.15. The van der Waals surface area contributed by atoms with E-state index in [1.54, 1.807) is 60.2 Å². The summed E-state index contributed by atoms with van der Waals surface area (Å²) in [7, 11) is 0. The summed E-state index contributed by atoms with van der Waals surface area (Å²) < 4.78 is 20.8. The van der Waals surface area contributed by atoms with Crippen molar-refractivity contribution in [2.45, 2.75) is 13.5 Å². The molecular formula is C24H18Cl2FN3O2. The van der Waals surface area contributed by atoms with E-state index in [1.807, 2.05) is 12.1 Å². The molecule has 2 heterocycles. The number of carbonyl (C=O) groups is 1. The number of nitrogens with one attached hydrogen (secondary N) is 1. The van der Waals surface area contributed by atoms with Crippen molar-refractivity contribution in [3.63, 3.8) is 0 Å². The summed E-state index contributed by atoms with van der Waals surface area (Å²) >= 11 is 12.1. The molecule has 4 aromatic rings. The van der Waals surface area contributed by atoms with E-state index < -0.39 is 0 Å². The van der Waals surface area contributed by atoms with E-state index in [0.717, 1.165) is 5.56 Å². The third kappa shape index (κ3) is 4.93. The predicted octanol–water partition coefficient (Wildman–Crippen LogP) is 6.35. The fourth-order valence-corrected chi connectivity index (χ4v) is 3.57. The van der Waals surface area contributed by atoms with Crippen LogP contribution in [0.2, 0.25) is 10.0 Å². The van der Waals surface area contributed by atoms with E-state index in [9.17, 15) is 9.18 Å². The fraction of sp³-hybridized carbons (Fsp3) is 0.0833. The van der Waals surface area contributed by atoms with Crippen molar-refractivity contribution in [3.05, 3.63) is 106 Å². The predicted molar refractivity (Wildman–Crippen MR) is 122 cm³/mol. The molecule has 0 aliphatic rings. The summed E-state index contributed by atoms with van der Waals surface area (Å²) in [5.74, 6) is 1.04.